The van der Waals surface area contributed by atoms with Crippen LogP contribution in [0.25, 0.3) is 0 Å². The van der Waals surface area contributed by atoms with Crippen LogP contribution < -0.4 is 10.6 Å². The minimum atomic E-state index is -0.603. The molecule has 1 saturated carbocycles. The van der Waals surface area contributed by atoms with Crippen molar-refractivity contribution in [2.75, 3.05) is 13.1 Å². The van der Waals surface area contributed by atoms with Crippen LogP contribution in [-0.2, 0) is 35.5 Å². The van der Waals surface area contributed by atoms with Gasteiger partial charge < -0.3 is 15.5 Å². The number of carbonyl (C=O) groups is 2. The third-order valence-corrected chi connectivity index (χ3v) is 10.6. The Morgan fingerprint density at radius 1 is 1.02 bits per heavy atom. The molecule has 0 bridgehead atoms. The van der Waals surface area contributed by atoms with Gasteiger partial charge in [0, 0.05) is 36.2 Å². The van der Waals surface area contributed by atoms with Crippen molar-refractivity contribution in [3.8, 4) is 0 Å². The highest BCUT2D eigenvalue weighted by Crippen LogP contribution is 2.47. The van der Waals surface area contributed by atoms with E-state index in [2.05, 4.69) is 79.7 Å². The Bertz CT molecular complexity index is 1350. The molecule has 6 rings (SSSR count). The van der Waals surface area contributed by atoms with Crippen molar-refractivity contribution in [2.45, 2.75) is 83.0 Å². The lowest BCUT2D eigenvalue weighted by atomic mass is 9.63. The van der Waals surface area contributed by atoms with Crippen molar-refractivity contribution in [1.29, 1.82) is 0 Å². The van der Waals surface area contributed by atoms with Gasteiger partial charge in [-0.3, -0.25) is 14.3 Å². The molecule has 2 aliphatic heterocycles. The van der Waals surface area contributed by atoms with Gasteiger partial charge in [0.05, 0.1) is 6.04 Å². The largest absolute Gasteiger partial charge is 0.343 e. The maximum Gasteiger partial charge on any atom is 0.245 e. The number of aromatic nitrogens is 3. The fourth-order valence-corrected chi connectivity index (χ4v) is 7.77. The minimum absolute atomic E-state index is 0.0242. The molecule has 222 valence electrons. The first-order chi connectivity index (χ1) is 20.5. The van der Waals surface area contributed by atoms with Gasteiger partial charge in [-0.15, -0.1) is 0 Å². The number of halogens is 1. The summed E-state index contributed by atoms with van der Waals surface area (Å²) in [6.45, 7) is 2.93. The predicted molar refractivity (Wildman–Crippen MR) is 170 cm³/mol. The van der Waals surface area contributed by atoms with Crippen LogP contribution in [0.3, 0.4) is 0 Å². The molecule has 0 spiro atoms. The Morgan fingerprint density at radius 2 is 1.76 bits per heavy atom. The Kier molecular flexibility index (Phi) is 9.23. The first-order valence-corrected chi connectivity index (χ1v) is 16.5. The van der Waals surface area contributed by atoms with Crippen LogP contribution in [0.15, 0.2) is 61.2 Å². The highest BCUT2D eigenvalue weighted by Gasteiger charge is 2.44. The number of hydrogen-bond acceptors (Lipinski definition) is 5. The second-order valence-electron chi connectivity index (χ2n) is 12.4. The van der Waals surface area contributed by atoms with Crippen LogP contribution in [0.4, 0.5) is 0 Å². The van der Waals surface area contributed by atoms with E-state index in [-0.39, 0.29) is 23.3 Å². The normalized spacial score (nSPS) is 21.4. The van der Waals surface area contributed by atoms with E-state index in [9.17, 15) is 9.59 Å². The molecule has 2 N–H and O–H groups in total. The van der Waals surface area contributed by atoms with Crippen molar-refractivity contribution in [2.24, 2.45) is 11.3 Å². The molecule has 3 aromatic rings. The molecule has 8 nitrogen and oxygen atoms in total. The summed E-state index contributed by atoms with van der Waals surface area (Å²) in [6.07, 6.45) is 12.9. The lowest BCUT2D eigenvalue weighted by molar-refractivity contribution is -0.140. The highest BCUT2D eigenvalue weighted by atomic mass is 127. The van der Waals surface area contributed by atoms with E-state index in [4.69, 9.17) is 0 Å². The van der Waals surface area contributed by atoms with E-state index in [1.807, 2.05) is 28.0 Å². The van der Waals surface area contributed by atoms with E-state index in [0.29, 0.717) is 38.4 Å². The smallest absolute Gasteiger partial charge is 0.245 e. The average Bonchev–Trinajstić information content (AvgIpc) is 3.55. The standard InChI is InChI=1S/C33H41IN6O2/c34-28-12-10-24(11-13-28)18-30(38-31(41)29-19-25-6-4-5-7-26(25)20-36-29)32(42)39-16-14-33(15-17-39,21-40-23-35-22-37-40)27-8-2-1-3-9-27/h4-7,10-13,22-23,27,29-30,36H,1-3,8-9,14-21H2,(H,38,41)/t29-,30-/m1/s1. The number of fused-ring (bicyclic) bond motifs is 1. The van der Waals surface area contributed by atoms with E-state index < -0.39 is 6.04 Å². The molecule has 3 aliphatic rings. The predicted octanol–water partition coefficient (Wildman–Crippen LogP) is 4.51. The topological polar surface area (TPSA) is 92.2 Å². The monoisotopic (exact) mass is 680 g/mol. The maximum absolute atomic E-state index is 14.2. The van der Waals surface area contributed by atoms with E-state index in [1.54, 1.807) is 6.33 Å². The maximum atomic E-state index is 14.2. The molecule has 2 atom stereocenters. The second kappa shape index (κ2) is 13.2. The van der Waals surface area contributed by atoms with Gasteiger partial charge in [0.25, 0.3) is 0 Å². The number of nitrogens with zero attached hydrogens (tertiary/aromatic N) is 4. The minimum Gasteiger partial charge on any atom is -0.343 e. The molecule has 0 unspecified atom stereocenters. The molecule has 2 fully saturated rings. The zero-order chi connectivity index (χ0) is 28.9. The van der Waals surface area contributed by atoms with Crippen molar-refractivity contribution < 1.29 is 9.59 Å². The first-order valence-electron chi connectivity index (χ1n) is 15.5. The lowest BCUT2D eigenvalue weighted by Gasteiger charge is -2.48. The SMILES string of the molecule is O=C(N[C@H](Cc1ccc(I)cc1)C(=O)N1CCC(Cn2cncn2)(C2CCCCC2)CC1)[C@H]1Cc2ccccc2CN1. The molecule has 1 saturated heterocycles. The Morgan fingerprint density at radius 3 is 2.48 bits per heavy atom. The molecule has 1 aromatic heterocycles. The fraction of sp³-hybridized carbons (Fsp3) is 0.515. The van der Waals surface area contributed by atoms with Gasteiger partial charge in [-0.05, 0) is 94.9 Å². The van der Waals surface area contributed by atoms with Crippen molar-refractivity contribution in [3.05, 3.63) is 81.4 Å². The number of likely N-dealkylation sites (tertiary alicyclic amines) is 1. The van der Waals surface area contributed by atoms with Crippen LogP contribution in [0.5, 0.6) is 0 Å². The van der Waals surface area contributed by atoms with Gasteiger partial charge in [0.15, 0.2) is 0 Å². The summed E-state index contributed by atoms with van der Waals surface area (Å²) in [5.74, 6) is 0.569. The quantitative estimate of drug-likeness (QED) is 0.342. The number of amides is 2. The summed E-state index contributed by atoms with van der Waals surface area (Å²) in [5, 5.41) is 11.0. The number of rotatable bonds is 8. The molecule has 2 aromatic carbocycles. The van der Waals surface area contributed by atoms with Gasteiger partial charge >= 0.3 is 0 Å². The molecule has 1 aliphatic carbocycles. The van der Waals surface area contributed by atoms with Crippen LogP contribution in [0.2, 0.25) is 0 Å². The Balaban J connectivity index is 1.17. The highest BCUT2D eigenvalue weighted by molar-refractivity contribution is 14.1. The lowest BCUT2D eigenvalue weighted by Crippen LogP contribution is -2.57. The third-order valence-electron chi connectivity index (χ3n) is 9.85. The molecule has 2 amide bonds. The first kappa shape index (κ1) is 29.3. The number of piperidine rings is 1. The number of nitrogens with one attached hydrogen (secondary N) is 2. The summed E-state index contributed by atoms with van der Waals surface area (Å²) in [4.78, 5) is 33.9. The molecule has 3 heterocycles. The third kappa shape index (κ3) is 6.72. The summed E-state index contributed by atoms with van der Waals surface area (Å²) < 4.78 is 3.14. The number of hydrogen-bond donors (Lipinski definition) is 2. The zero-order valence-corrected chi connectivity index (χ0v) is 26.3. The summed E-state index contributed by atoms with van der Waals surface area (Å²) in [6, 6.07) is 15.5. The number of carbonyl (C=O) groups excluding carboxylic acids is 2. The van der Waals surface area contributed by atoms with Gasteiger partial charge in [0.2, 0.25) is 11.8 Å². The van der Waals surface area contributed by atoms with E-state index in [1.165, 1.54) is 43.2 Å². The summed E-state index contributed by atoms with van der Waals surface area (Å²) in [5.41, 5.74) is 3.60. The summed E-state index contributed by atoms with van der Waals surface area (Å²) in [7, 11) is 0. The van der Waals surface area contributed by atoms with E-state index in [0.717, 1.165) is 28.5 Å². The average molecular weight is 681 g/mol. The molecular weight excluding hydrogens is 639 g/mol. The fourth-order valence-electron chi connectivity index (χ4n) is 7.41. The van der Waals surface area contributed by atoms with Crippen LogP contribution in [0, 0.1) is 14.9 Å². The van der Waals surface area contributed by atoms with E-state index >= 15 is 0 Å². The Hall–Kier alpha value is -2.79. The van der Waals surface area contributed by atoms with Crippen molar-refractivity contribution >= 4 is 34.4 Å². The number of benzene rings is 2. The van der Waals surface area contributed by atoms with Gasteiger partial charge in [-0.25, -0.2) is 4.98 Å². The van der Waals surface area contributed by atoms with Crippen molar-refractivity contribution in [1.82, 2.24) is 30.3 Å². The Labute approximate surface area is 262 Å². The van der Waals surface area contributed by atoms with Crippen LogP contribution in [-0.4, -0.2) is 56.7 Å². The van der Waals surface area contributed by atoms with Gasteiger partial charge in [-0.2, -0.15) is 5.10 Å². The van der Waals surface area contributed by atoms with Crippen LogP contribution in [0.1, 0.15) is 61.6 Å². The second-order valence-corrected chi connectivity index (χ2v) is 13.7. The van der Waals surface area contributed by atoms with Crippen molar-refractivity contribution in [3.63, 3.8) is 0 Å². The molecular formula is C33H41IN6O2. The summed E-state index contributed by atoms with van der Waals surface area (Å²) >= 11 is 2.29. The molecule has 9 heteroatoms. The van der Waals surface area contributed by atoms with Crippen LogP contribution >= 0.6 is 22.6 Å². The molecule has 0 radical (unpaired) electrons. The molecule has 42 heavy (non-hydrogen) atoms. The van der Waals surface area contributed by atoms with Gasteiger partial charge in [0.1, 0.15) is 18.7 Å². The van der Waals surface area contributed by atoms with Gasteiger partial charge in [-0.1, -0.05) is 55.7 Å². The zero-order valence-electron chi connectivity index (χ0n) is 24.2.